The molecule has 10 rings (SSSR count). The Morgan fingerprint density at radius 1 is 0.725 bits per heavy atom. The Labute approximate surface area is 300 Å². The average Bonchev–Trinajstić information content (AvgIpc) is 3.44. The molecule has 0 aromatic carbocycles. The van der Waals surface area contributed by atoms with Crippen molar-refractivity contribution in [1.82, 2.24) is 4.90 Å². The number of rotatable bonds is 9. The predicted molar refractivity (Wildman–Crippen MR) is 176 cm³/mol. The SMILES string of the molecule is C[C@@H]1CC[C@H]2[C@@H](C)[C@@](C)(OCCCCCN(C)CC3=C(C(F)(F)F)O[C@@H]4O[C@@]5(C)CC[C@H]6[C@H](C)CC[C@@H]3[C@@]46OO5)O[C@@H]3O[C@@]4(C)CC[C@@H]1[C@]32OO4. The van der Waals surface area contributed by atoms with Crippen LogP contribution in [0, 0.1) is 41.4 Å². The molecule has 2 spiro atoms. The van der Waals surface area contributed by atoms with Crippen LogP contribution in [0.4, 0.5) is 13.2 Å². The fourth-order valence-corrected chi connectivity index (χ4v) is 11.5. The monoisotopic (exact) mass is 729 g/mol. The lowest BCUT2D eigenvalue weighted by Gasteiger charge is -2.62. The van der Waals surface area contributed by atoms with E-state index >= 15 is 0 Å². The Kier molecular flexibility index (Phi) is 9.24. The zero-order valence-electron chi connectivity index (χ0n) is 31.4. The number of allylic oxidation sites excluding steroid dienone is 1. The fourth-order valence-electron chi connectivity index (χ4n) is 11.5. The summed E-state index contributed by atoms with van der Waals surface area (Å²) in [6.07, 6.45) is 2.62. The van der Waals surface area contributed by atoms with Gasteiger partial charge in [-0.15, -0.1) is 0 Å². The molecular formula is C38H58F3NO9. The number of alkyl halides is 3. The van der Waals surface area contributed by atoms with Gasteiger partial charge in [0.25, 0.3) is 0 Å². The summed E-state index contributed by atoms with van der Waals surface area (Å²) < 4.78 is 75.6. The Morgan fingerprint density at radius 3 is 2.04 bits per heavy atom. The number of nitrogens with zero attached hydrogens (tertiary/aromatic N) is 1. The van der Waals surface area contributed by atoms with Gasteiger partial charge in [-0.25, -0.2) is 19.6 Å². The quantitative estimate of drug-likeness (QED) is 0.173. The van der Waals surface area contributed by atoms with Gasteiger partial charge in [-0.1, -0.05) is 20.8 Å². The third-order valence-corrected chi connectivity index (χ3v) is 14.5. The first-order valence-electron chi connectivity index (χ1n) is 19.6. The summed E-state index contributed by atoms with van der Waals surface area (Å²) in [5, 5.41) is 0. The second-order valence-corrected chi connectivity index (χ2v) is 17.8. The molecule has 0 aromatic rings. The molecule has 0 aromatic heterocycles. The Hall–Kier alpha value is -1.03. The number of ether oxygens (including phenoxy) is 5. The third kappa shape index (κ3) is 5.84. The molecule has 8 heterocycles. The summed E-state index contributed by atoms with van der Waals surface area (Å²) in [7, 11) is 1.88. The van der Waals surface area contributed by atoms with Gasteiger partial charge in [-0.3, -0.25) is 0 Å². The number of hydrogen-bond donors (Lipinski definition) is 0. The van der Waals surface area contributed by atoms with E-state index in [9.17, 15) is 13.2 Å². The van der Waals surface area contributed by atoms with E-state index in [0.29, 0.717) is 37.8 Å². The fraction of sp³-hybridized carbons (Fsp3) is 0.947. The number of fused-ring (bicyclic) bond motifs is 4. The van der Waals surface area contributed by atoms with Gasteiger partial charge in [0.05, 0.1) is 6.61 Å². The van der Waals surface area contributed by atoms with Crippen molar-refractivity contribution in [2.75, 3.05) is 26.7 Å². The molecule has 2 aliphatic carbocycles. The van der Waals surface area contributed by atoms with Crippen molar-refractivity contribution in [1.29, 1.82) is 0 Å². The Bertz CT molecular complexity index is 1370. The summed E-state index contributed by atoms with van der Waals surface area (Å²) in [5.74, 6) is -3.01. The molecule has 2 saturated carbocycles. The third-order valence-electron chi connectivity index (χ3n) is 14.5. The second-order valence-electron chi connectivity index (χ2n) is 17.8. The molecule has 0 amide bonds. The smallest absolute Gasteiger partial charge is 0.449 e. The number of likely N-dealkylation sites (N-methyl/N-ethyl adjacent to an activating group) is 1. The van der Waals surface area contributed by atoms with Gasteiger partial charge < -0.3 is 28.6 Å². The summed E-state index contributed by atoms with van der Waals surface area (Å²) >= 11 is 0. The van der Waals surface area contributed by atoms with E-state index in [0.717, 1.165) is 57.8 Å². The molecule has 13 heteroatoms. The first-order chi connectivity index (χ1) is 24.0. The van der Waals surface area contributed by atoms with Crippen molar-refractivity contribution < 1.29 is 56.4 Å². The van der Waals surface area contributed by atoms with Gasteiger partial charge >= 0.3 is 6.18 Å². The van der Waals surface area contributed by atoms with Gasteiger partial charge in [0.2, 0.25) is 23.6 Å². The normalized spacial score (nSPS) is 50.4. The van der Waals surface area contributed by atoms with E-state index in [1.807, 2.05) is 25.8 Å². The largest absolute Gasteiger partial charge is 0.456 e. The maximum Gasteiger partial charge on any atom is 0.449 e. The van der Waals surface area contributed by atoms with Crippen molar-refractivity contribution >= 4 is 0 Å². The predicted octanol–water partition coefficient (Wildman–Crippen LogP) is 7.77. The van der Waals surface area contributed by atoms with Crippen LogP contribution < -0.4 is 0 Å². The first kappa shape index (κ1) is 36.9. The van der Waals surface area contributed by atoms with Crippen LogP contribution in [0.3, 0.4) is 0 Å². The summed E-state index contributed by atoms with van der Waals surface area (Å²) in [5.41, 5.74) is -1.49. The highest BCUT2D eigenvalue weighted by Gasteiger charge is 2.72. The molecule has 0 N–H and O–H groups in total. The van der Waals surface area contributed by atoms with Crippen LogP contribution in [0.1, 0.15) is 112 Å². The maximum absolute atomic E-state index is 14.6. The lowest BCUT2D eigenvalue weighted by atomic mass is 9.57. The van der Waals surface area contributed by atoms with E-state index in [1.165, 1.54) is 0 Å². The molecule has 8 aliphatic heterocycles. The lowest BCUT2D eigenvalue weighted by molar-refractivity contribution is -0.585. The van der Waals surface area contributed by atoms with E-state index in [4.69, 9.17) is 43.2 Å². The maximum atomic E-state index is 14.6. The van der Waals surface area contributed by atoms with E-state index < -0.39 is 59.0 Å². The zero-order valence-corrected chi connectivity index (χ0v) is 31.4. The van der Waals surface area contributed by atoms with Crippen LogP contribution in [-0.4, -0.2) is 79.0 Å². The molecule has 10 aliphatic rings. The minimum Gasteiger partial charge on any atom is -0.456 e. The van der Waals surface area contributed by atoms with Crippen LogP contribution in [0.25, 0.3) is 0 Å². The molecule has 290 valence electrons. The number of halogens is 3. The lowest BCUT2D eigenvalue weighted by Crippen LogP contribution is -2.72. The summed E-state index contributed by atoms with van der Waals surface area (Å²) in [6.45, 7) is 13.6. The zero-order chi connectivity index (χ0) is 36.2. The van der Waals surface area contributed by atoms with E-state index in [2.05, 4.69) is 20.8 Å². The van der Waals surface area contributed by atoms with Crippen molar-refractivity contribution in [3.63, 3.8) is 0 Å². The highest BCUT2D eigenvalue weighted by molar-refractivity contribution is 5.29. The van der Waals surface area contributed by atoms with Crippen molar-refractivity contribution in [3.8, 4) is 0 Å². The van der Waals surface area contributed by atoms with Crippen molar-refractivity contribution in [3.05, 3.63) is 11.3 Å². The highest BCUT2D eigenvalue weighted by atomic mass is 19.4. The molecule has 4 bridgehead atoms. The molecule has 7 saturated heterocycles. The van der Waals surface area contributed by atoms with Crippen LogP contribution in [0.2, 0.25) is 0 Å². The Morgan fingerprint density at radius 2 is 1.35 bits per heavy atom. The van der Waals surface area contributed by atoms with Crippen LogP contribution in [0.15, 0.2) is 11.3 Å². The minimum absolute atomic E-state index is 0.0276. The van der Waals surface area contributed by atoms with Gasteiger partial charge in [0.1, 0.15) is 0 Å². The molecule has 9 fully saturated rings. The highest BCUT2D eigenvalue weighted by Crippen LogP contribution is 2.63. The van der Waals surface area contributed by atoms with Crippen molar-refractivity contribution in [2.45, 2.75) is 159 Å². The molecule has 10 nitrogen and oxygen atoms in total. The van der Waals surface area contributed by atoms with Gasteiger partial charge in [0, 0.05) is 43.1 Å². The molecule has 0 unspecified atom stereocenters. The number of hydrogen-bond acceptors (Lipinski definition) is 10. The van der Waals surface area contributed by atoms with Crippen molar-refractivity contribution in [2.24, 2.45) is 41.4 Å². The van der Waals surface area contributed by atoms with Gasteiger partial charge in [-0.2, -0.15) is 13.2 Å². The van der Waals surface area contributed by atoms with Gasteiger partial charge in [0.15, 0.2) is 23.3 Å². The number of unbranched alkanes of at least 4 members (excludes halogenated alkanes) is 2. The Balaban J connectivity index is 0.889. The van der Waals surface area contributed by atoms with Crippen LogP contribution in [0.5, 0.6) is 0 Å². The molecule has 0 radical (unpaired) electrons. The molecule has 51 heavy (non-hydrogen) atoms. The summed E-state index contributed by atoms with van der Waals surface area (Å²) in [4.78, 5) is 26.1. The minimum atomic E-state index is -4.65. The summed E-state index contributed by atoms with van der Waals surface area (Å²) in [6, 6.07) is 0. The van der Waals surface area contributed by atoms with Crippen LogP contribution in [-0.2, 0) is 43.2 Å². The van der Waals surface area contributed by atoms with Gasteiger partial charge in [-0.05, 0) is 115 Å². The topological polar surface area (TPSA) is 86.3 Å². The molecule has 14 atom stereocenters. The van der Waals surface area contributed by atoms with Crippen LogP contribution >= 0.6 is 0 Å². The average molecular weight is 730 g/mol. The standard InChI is InChI=1S/C38H58F3NO9/c1-22-11-13-28-24(3)35(6,47-32-36(28)26(22)15-18-34(5,46-32)49-50-36)43-20-10-8-9-19-42(7)21-25-29-14-12-23(2)27-16-17-33(4)45-31(37(27,29)51-48-33)44-30(25)38(39,40)41/h22-24,26-29,31-32H,8-21H2,1-7H3/t22-,23-,24-,26+,27+,28+,29+,31-,32+,33-,34-,35+,36-,37-/m1/s1. The first-order valence-corrected chi connectivity index (χ1v) is 19.6. The second kappa shape index (κ2) is 12.8. The van der Waals surface area contributed by atoms with E-state index in [-0.39, 0.29) is 35.8 Å². The molecular weight excluding hydrogens is 671 g/mol. The van der Waals surface area contributed by atoms with E-state index in [1.54, 1.807) is 6.92 Å².